The lowest BCUT2D eigenvalue weighted by Crippen LogP contribution is -1.99. The maximum atomic E-state index is 4.78. The van der Waals surface area contributed by atoms with Crippen LogP contribution >= 0.6 is 11.6 Å². The molecule has 0 fully saturated rings. The summed E-state index contributed by atoms with van der Waals surface area (Å²) in [6.45, 7) is 0. The van der Waals surface area contributed by atoms with E-state index in [9.17, 15) is 0 Å². The molecule has 3 heteroatoms. The fraction of sp³-hybridized carbons (Fsp3) is 1.00. The molecule has 0 aliphatic rings. The summed E-state index contributed by atoms with van der Waals surface area (Å²) in [6.07, 6.45) is 0. The predicted molar refractivity (Wildman–Crippen MR) is 34.5 cm³/mol. The number of hydrogen-bond donors (Lipinski definition) is 1. The molecule has 7 heavy (non-hydrogen) atoms. The second-order valence-electron chi connectivity index (χ2n) is 1.50. The van der Waals surface area contributed by atoms with Crippen LogP contribution in [-0.2, 0) is 0 Å². The zero-order valence-corrected chi connectivity index (χ0v) is 5.87. The first-order chi connectivity index (χ1) is 3.15. The summed E-state index contributed by atoms with van der Waals surface area (Å²) in [5.41, 5.74) is 4.61. The number of nitrogens with two attached hydrogens (primary N) is 1. The average Bonchev–Trinajstić information content (AvgIpc) is 1.33. The van der Waals surface area contributed by atoms with Crippen LogP contribution in [0.2, 0.25) is 0 Å². The van der Waals surface area contributed by atoms with Gasteiger partial charge in [0.25, 0.3) is 0 Å². The number of rotatable bonds is 0. The molecule has 0 amide bonds. The van der Waals surface area contributed by atoms with E-state index in [4.69, 9.17) is 11.6 Å². The maximum Gasteiger partial charge on any atom is 0.0688 e. The Hall–Kier alpha value is 0.210. The number of alkyl halides is 1. The van der Waals surface area contributed by atoms with Crippen LogP contribution in [0, 0.1) is 0 Å². The lowest BCUT2D eigenvalue weighted by atomic mass is 11.0. The molecule has 0 aromatic heterocycles. The van der Waals surface area contributed by atoms with E-state index in [1.165, 1.54) is 0 Å². The fourth-order valence-corrected chi connectivity index (χ4v) is 0. The highest BCUT2D eigenvalue weighted by atomic mass is 35.5. The van der Waals surface area contributed by atoms with Crippen LogP contribution in [0.5, 0.6) is 0 Å². The van der Waals surface area contributed by atoms with Crippen molar-refractivity contribution in [2.45, 2.75) is 0 Å². The molecule has 0 saturated carbocycles. The van der Waals surface area contributed by atoms with Crippen LogP contribution in [0.15, 0.2) is 0 Å². The van der Waals surface area contributed by atoms with Crippen LogP contribution in [-0.4, -0.2) is 32.0 Å². The largest absolute Gasteiger partial charge is 0.318 e. The normalized spacial score (nSPS) is 7.71. The van der Waals surface area contributed by atoms with E-state index in [2.05, 4.69) is 5.73 Å². The number of hydrogen-bond acceptors (Lipinski definition) is 2. The topological polar surface area (TPSA) is 29.3 Å². The van der Waals surface area contributed by atoms with Gasteiger partial charge in [-0.15, -0.1) is 11.6 Å². The highest BCUT2D eigenvalue weighted by Crippen LogP contribution is 1.48. The second kappa shape index (κ2) is 9.51. The Balaban J connectivity index is 0. The fourth-order valence-electron chi connectivity index (χ4n) is 0. The van der Waals surface area contributed by atoms with E-state index < -0.39 is 0 Å². The number of nitrogens with zero attached hydrogens (tertiary/aromatic N) is 1. The molecule has 0 atom stereocenters. The minimum Gasteiger partial charge on any atom is -0.318 e. The van der Waals surface area contributed by atoms with E-state index in [0.29, 0.717) is 0 Å². The Morgan fingerprint density at radius 2 is 1.43 bits per heavy atom. The Bertz CT molecular complexity index is 20.9. The van der Waals surface area contributed by atoms with E-state index in [-0.39, 0.29) is 6.00 Å². The molecule has 0 rings (SSSR count). The maximum absolute atomic E-state index is 4.78. The molecule has 46 valence electrons. The van der Waals surface area contributed by atoms with Gasteiger partial charge in [0.2, 0.25) is 0 Å². The highest BCUT2D eigenvalue weighted by molar-refractivity contribution is 6.17. The van der Waals surface area contributed by atoms with E-state index in [0.717, 1.165) is 0 Å². The third kappa shape index (κ3) is 2500. The highest BCUT2D eigenvalue weighted by Gasteiger charge is 1.58. The van der Waals surface area contributed by atoms with Gasteiger partial charge in [-0.1, -0.05) is 0 Å². The molecule has 0 unspecified atom stereocenters. The molecule has 0 aliphatic carbocycles. The van der Waals surface area contributed by atoms with Crippen molar-refractivity contribution in [3.8, 4) is 0 Å². The quantitative estimate of drug-likeness (QED) is 0.372. The van der Waals surface area contributed by atoms with Gasteiger partial charge < -0.3 is 10.6 Å². The third-order valence-corrected chi connectivity index (χ3v) is 0. The van der Waals surface area contributed by atoms with Crippen molar-refractivity contribution >= 4 is 11.6 Å². The van der Waals surface area contributed by atoms with Crippen LogP contribution in [0.4, 0.5) is 0 Å². The Morgan fingerprint density at radius 1 is 1.43 bits per heavy atom. The van der Waals surface area contributed by atoms with Gasteiger partial charge in [-0.05, 0) is 21.1 Å². The summed E-state index contributed by atoms with van der Waals surface area (Å²) in [5, 5.41) is 0. The van der Waals surface area contributed by atoms with Gasteiger partial charge in [-0.25, -0.2) is 0 Å². The lowest BCUT2D eigenvalue weighted by molar-refractivity contribution is 0.505. The molecule has 0 bridgehead atoms. The molecule has 0 aromatic carbocycles. The van der Waals surface area contributed by atoms with Gasteiger partial charge >= 0.3 is 0 Å². The van der Waals surface area contributed by atoms with Crippen molar-refractivity contribution in [3.05, 3.63) is 0 Å². The second-order valence-corrected chi connectivity index (χ2v) is 1.80. The minimum absolute atomic E-state index is 0.222. The Labute approximate surface area is 50.2 Å². The van der Waals surface area contributed by atoms with Crippen molar-refractivity contribution in [1.29, 1.82) is 0 Å². The van der Waals surface area contributed by atoms with Crippen LogP contribution in [0.1, 0.15) is 0 Å². The van der Waals surface area contributed by atoms with Crippen molar-refractivity contribution in [2.75, 3.05) is 27.1 Å². The zero-order valence-electron chi connectivity index (χ0n) is 5.11. The Kier molecular flexibility index (Phi) is 13.9. The molecule has 2 nitrogen and oxygen atoms in total. The molecule has 0 spiro atoms. The number of halogens is 1. The van der Waals surface area contributed by atoms with Crippen molar-refractivity contribution in [2.24, 2.45) is 5.73 Å². The Morgan fingerprint density at radius 3 is 1.43 bits per heavy atom. The lowest BCUT2D eigenvalue weighted by Gasteiger charge is -1.90. The van der Waals surface area contributed by atoms with Crippen molar-refractivity contribution in [3.63, 3.8) is 0 Å². The molecule has 0 aliphatic heterocycles. The van der Waals surface area contributed by atoms with Crippen molar-refractivity contribution < 1.29 is 0 Å². The van der Waals surface area contributed by atoms with Gasteiger partial charge in [0.1, 0.15) is 0 Å². The molecule has 0 radical (unpaired) electrons. The first-order valence-corrected chi connectivity index (χ1v) is 2.55. The molecule has 0 heterocycles. The molecular weight excluding hydrogens is 112 g/mol. The molecule has 2 N–H and O–H groups in total. The first-order valence-electron chi connectivity index (χ1n) is 2.02. The first kappa shape index (κ1) is 10.2. The summed E-state index contributed by atoms with van der Waals surface area (Å²) < 4.78 is 0. The van der Waals surface area contributed by atoms with Gasteiger partial charge in [-0.2, -0.15) is 0 Å². The standard InChI is InChI=1S/C3H9N.CH4ClN/c1-4(2)3;2-1-3/h1-3H3;1,3H2. The molecule has 0 aromatic rings. The summed E-state index contributed by atoms with van der Waals surface area (Å²) >= 11 is 4.78. The summed E-state index contributed by atoms with van der Waals surface area (Å²) in [6, 6.07) is 0.222. The van der Waals surface area contributed by atoms with Gasteiger partial charge in [0.15, 0.2) is 0 Å². The van der Waals surface area contributed by atoms with Crippen LogP contribution in [0.3, 0.4) is 0 Å². The van der Waals surface area contributed by atoms with E-state index in [1.54, 1.807) is 0 Å². The summed E-state index contributed by atoms with van der Waals surface area (Å²) in [5.74, 6) is 0. The third-order valence-electron chi connectivity index (χ3n) is 0. The monoisotopic (exact) mass is 124 g/mol. The average molecular weight is 125 g/mol. The van der Waals surface area contributed by atoms with E-state index >= 15 is 0 Å². The van der Waals surface area contributed by atoms with Gasteiger partial charge in [-0.3, -0.25) is 0 Å². The van der Waals surface area contributed by atoms with Crippen LogP contribution in [0.25, 0.3) is 0 Å². The minimum atomic E-state index is 0.222. The van der Waals surface area contributed by atoms with E-state index in [1.807, 2.05) is 26.0 Å². The van der Waals surface area contributed by atoms with Crippen molar-refractivity contribution in [1.82, 2.24) is 4.90 Å². The van der Waals surface area contributed by atoms with Gasteiger partial charge in [0.05, 0.1) is 6.00 Å². The predicted octanol–water partition coefficient (Wildman–Crippen LogP) is 0.319. The summed E-state index contributed by atoms with van der Waals surface area (Å²) in [7, 11) is 6.00. The summed E-state index contributed by atoms with van der Waals surface area (Å²) in [4.78, 5) is 2.00. The molecule has 0 saturated heterocycles. The molecular formula is C4H13ClN2. The SMILES string of the molecule is CN(C)C.NCCl. The van der Waals surface area contributed by atoms with Crippen LogP contribution < -0.4 is 5.73 Å². The van der Waals surface area contributed by atoms with Gasteiger partial charge in [0, 0.05) is 0 Å². The zero-order chi connectivity index (χ0) is 6.28. The smallest absolute Gasteiger partial charge is 0.0688 e.